The molecule has 0 saturated carbocycles. The smallest absolute Gasteiger partial charge is 0.286 e. The van der Waals surface area contributed by atoms with Gasteiger partial charge in [-0.1, -0.05) is 18.2 Å². The quantitative estimate of drug-likeness (QED) is 0.794. The maximum absolute atomic E-state index is 12.3. The highest BCUT2D eigenvalue weighted by atomic mass is 32.2. The van der Waals surface area contributed by atoms with Gasteiger partial charge in [-0.15, -0.1) is 4.40 Å². The molecule has 2 aromatic rings. The molecule has 1 heterocycles. The van der Waals surface area contributed by atoms with Gasteiger partial charge in [0.25, 0.3) is 10.0 Å². The Kier molecular flexibility index (Phi) is 5.46. The molecule has 27 heavy (non-hydrogen) atoms. The van der Waals surface area contributed by atoms with E-state index in [0.717, 1.165) is 16.9 Å². The molecule has 7 nitrogen and oxygen atoms in total. The van der Waals surface area contributed by atoms with Crippen LogP contribution in [0.5, 0.6) is 5.75 Å². The molecular formula is C19H21N3O4S. The third-order valence-corrected chi connectivity index (χ3v) is 5.51. The second-order valence-electron chi connectivity index (χ2n) is 6.27. The molecule has 8 heteroatoms. The Morgan fingerprint density at radius 2 is 2.04 bits per heavy atom. The molecule has 0 bridgehead atoms. The second-order valence-corrected chi connectivity index (χ2v) is 7.84. The van der Waals surface area contributed by atoms with Crippen LogP contribution in [-0.2, 0) is 21.4 Å². The van der Waals surface area contributed by atoms with E-state index in [-0.39, 0.29) is 29.5 Å². The summed E-state index contributed by atoms with van der Waals surface area (Å²) in [6.45, 7) is 2.25. The number of benzene rings is 2. The van der Waals surface area contributed by atoms with Gasteiger partial charge < -0.3 is 15.4 Å². The third-order valence-electron chi connectivity index (χ3n) is 4.14. The molecule has 0 spiro atoms. The molecule has 0 unspecified atom stereocenters. The summed E-state index contributed by atoms with van der Waals surface area (Å²) >= 11 is 0. The van der Waals surface area contributed by atoms with Crippen LogP contribution in [0.3, 0.4) is 0 Å². The van der Waals surface area contributed by atoms with Crippen LogP contribution in [0.15, 0.2) is 51.8 Å². The topological polar surface area (TPSA) is 96.9 Å². The van der Waals surface area contributed by atoms with Gasteiger partial charge in [0.05, 0.1) is 12.8 Å². The average Bonchev–Trinajstić information content (AvgIpc) is 2.64. The minimum atomic E-state index is -3.74. The number of aryl methyl sites for hydroxylation is 1. The van der Waals surface area contributed by atoms with Gasteiger partial charge in [-0.25, -0.2) is 0 Å². The van der Waals surface area contributed by atoms with Crippen LogP contribution in [0.25, 0.3) is 0 Å². The normalized spacial score (nSPS) is 14.5. The Balaban J connectivity index is 1.58. The van der Waals surface area contributed by atoms with Crippen LogP contribution >= 0.6 is 0 Å². The molecule has 0 aliphatic carbocycles. The molecular weight excluding hydrogens is 366 g/mol. The fourth-order valence-electron chi connectivity index (χ4n) is 2.75. The third kappa shape index (κ3) is 4.65. The fourth-order valence-corrected chi connectivity index (χ4v) is 3.90. The zero-order valence-corrected chi connectivity index (χ0v) is 16.0. The number of amides is 1. The van der Waals surface area contributed by atoms with Gasteiger partial charge in [0.2, 0.25) is 5.91 Å². The molecule has 3 rings (SSSR count). The van der Waals surface area contributed by atoms with E-state index in [2.05, 4.69) is 15.0 Å². The number of hydrogen-bond acceptors (Lipinski definition) is 5. The van der Waals surface area contributed by atoms with Crippen LogP contribution in [0, 0.1) is 6.92 Å². The van der Waals surface area contributed by atoms with Crippen LogP contribution in [0.1, 0.15) is 24.0 Å². The summed E-state index contributed by atoms with van der Waals surface area (Å²) in [5.41, 5.74) is 2.35. The average molecular weight is 387 g/mol. The van der Waals surface area contributed by atoms with Crippen molar-refractivity contribution in [3.63, 3.8) is 0 Å². The number of anilines is 1. The van der Waals surface area contributed by atoms with E-state index in [1.807, 2.05) is 31.2 Å². The van der Waals surface area contributed by atoms with Crippen molar-refractivity contribution in [1.82, 2.24) is 5.32 Å². The first-order chi connectivity index (χ1) is 12.9. The fraction of sp³-hybridized carbons (Fsp3) is 0.263. The summed E-state index contributed by atoms with van der Waals surface area (Å²) in [7, 11) is -2.15. The first-order valence-electron chi connectivity index (χ1n) is 8.48. The van der Waals surface area contributed by atoms with E-state index in [9.17, 15) is 13.2 Å². The molecule has 0 atom stereocenters. The standard InChI is InChI=1S/C19H21N3O4S/c1-13-6-7-17-16(10-13)21-18(22-27(17,24)25)8-9-19(23)20-12-14-4-3-5-15(11-14)26-2/h3-7,10-11H,8-9,12H2,1-2H3,(H,20,23)(H,21,22). The Hall–Kier alpha value is -2.87. The van der Waals surface area contributed by atoms with E-state index in [0.29, 0.717) is 12.2 Å². The van der Waals surface area contributed by atoms with E-state index in [1.54, 1.807) is 19.2 Å². The lowest BCUT2D eigenvalue weighted by Crippen LogP contribution is -2.26. The number of hydrogen-bond donors (Lipinski definition) is 2. The van der Waals surface area contributed by atoms with Crippen LogP contribution in [0.2, 0.25) is 0 Å². The van der Waals surface area contributed by atoms with Crippen molar-refractivity contribution in [3.05, 3.63) is 53.6 Å². The summed E-state index contributed by atoms with van der Waals surface area (Å²) in [5, 5.41) is 5.82. The number of ether oxygens (including phenoxy) is 1. The lowest BCUT2D eigenvalue weighted by Gasteiger charge is -2.18. The molecule has 0 aromatic heterocycles. The summed E-state index contributed by atoms with van der Waals surface area (Å²) in [4.78, 5) is 12.3. The van der Waals surface area contributed by atoms with Crippen molar-refractivity contribution in [2.45, 2.75) is 31.2 Å². The number of nitrogens with one attached hydrogen (secondary N) is 2. The van der Waals surface area contributed by atoms with Gasteiger partial charge in [0.1, 0.15) is 16.5 Å². The zero-order chi connectivity index (χ0) is 19.4. The number of carbonyl (C=O) groups excluding carboxylic acids is 1. The minimum Gasteiger partial charge on any atom is -0.497 e. The second kappa shape index (κ2) is 7.79. The van der Waals surface area contributed by atoms with Crippen molar-refractivity contribution in [2.24, 2.45) is 4.40 Å². The highest BCUT2D eigenvalue weighted by molar-refractivity contribution is 7.90. The molecule has 142 valence electrons. The lowest BCUT2D eigenvalue weighted by atomic mass is 10.2. The van der Waals surface area contributed by atoms with Gasteiger partial charge in [-0.3, -0.25) is 4.79 Å². The first-order valence-corrected chi connectivity index (χ1v) is 9.92. The predicted octanol–water partition coefficient (Wildman–Crippen LogP) is 2.61. The Morgan fingerprint density at radius 3 is 2.81 bits per heavy atom. The molecule has 2 aromatic carbocycles. The summed E-state index contributed by atoms with van der Waals surface area (Å²) in [6, 6.07) is 12.4. The van der Waals surface area contributed by atoms with Gasteiger partial charge >= 0.3 is 0 Å². The molecule has 0 fully saturated rings. The summed E-state index contributed by atoms with van der Waals surface area (Å²) in [6.07, 6.45) is 0.336. The number of carbonyl (C=O) groups is 1. The van der Waals surface area contributed by atoms with Crippen molar-refractivity contribution >= 4 is 27.5 Å². The van der Waals surface area contributed by atoms with Gasteiger partial charge in [0, 0.05) is 19.4 Å². The Bertz CT molecular complexity index is 1000. The molecule has 0 radical (unpaired) electrons. The number of sulfonamides is 1. The van der Waals surface area contributed by atoms with Gasteiger partial charge in [-0.05, 0) is 42.3 Å². The maximum Gasteiger partial charge on any atom is 0.286 e. The van der Waals surface area contributed by atoms with Crippen molar-refractivity contribution in [1.29, 1.82) is 0 Å². The molecule has 0 saturated heterocycles. The Labute approximate surface area is 158 Å². The monoisotopic (exact) mass is 387 g/mol. The van der Waals surface area contributed by atoms with Crippen molar-refractivity contribution in [3.8, 4) is 5.75 Å². The van der Waals surface area contributed by atoms with Crippen molar-refractivity contribution in [2.75, 3.05) is 12.4 Å². The van der Waals surface area contributed by atoms with Crippen LogP contribution in [0.4, 0.5) is 5.69 Å². The van der Waals surface area contributed by atoms with E-state index >= 15 is 0 Å². The molecule has 1 aliphatic rings. The SMILES string of the molecule is COc1cccc(CNC(=O)CCC2=NS(=O)(=O)c3ccc(C)cc3N2)c1. The predicted molar refractivity (Wildman–Crippen MR) is 103 cm³/mol. The van der Waals surface area contributed by atoms with E-state index in [1.165, 1.54) is 6.07 Å². The number of nitrogens with zero attached hydrogens (tertiary/aromatic N) is 1. The highest BCUT2D eigenvalue weighted by Gasteiger charge is 2.24. The largest absolute Gasteiger partial charge is 0.497 e. The summed E-state index contributed by atoms with van der Waals surface area (Å²) < 4.78 is 33.5. The molecule has 2 N–H and O–H groups in total. The zero-order valence-electron chi connectivity index (χ0n) is 15.2. The molecule has 1 aliphatic heterocycles. The minimum absolute atomic E-state index is 0.131. The lowest BCUT2D eigenvalue weighted by molar-refractivity contribution is -0.121. The maximum atomic E-state index is 12.3. The molecule has 1 amide bonds. The van der Waals surface area contributed by atoms with E-state index < -0.39 is 10.0 Å². The number of amidine groups is 1. The van der Waals surface area contributed by atoms with Crippen LogP contribution < -0.4 is 15.4 Å². The Morgan fingerprint density at radius 1 is 1.22 bits per heavy atom. The number of methoxy groups -OCH3 is 1. The van der Waals surface area contributed by atoms with Crippen LogP contribution in [-0.4, -0.2) is 27.3 Å². The number of rotatable bonds is 6. The first kappa shape index (κ1) is 18.9. The number of fused-ring (bicyclic) bond motifs is 1. The summed E-state index contributed by atoms with van der Waals surface area (Å²) in [5.74, 6) is 0.807. The van der Waals surface area contributed by atoms with Gasteiger partial charge in [-0.2, -0.15) is 8.42 Å². The highest BCUT2D eigenvalue weighted by Crippen LogP contribution is 2.28. The van der Waals surface area contributed by atoms with Crippen molar-refractivity contribution < 1.29 is 17.9 Å². The van der Waals surface area contributed by atoms with Gasteiger partial charge in [0.15, 0.2) is 0 Å². The van der Waals surface area contributed by atoms with E-state index in [4.69, 9.17) is 4.74 Å².